The molecule has 1 aromatic rings. The summed E-state index contributed by atoms with van der Waals surface area (Å²) in [5.41, 5.74) is -0.0153. The summed E-state index contributed by atoms with van der Waals surface area (Å²) in [5.74, 6) is 0.289. The highest BCUT2D eigenvalue weighted by Crippen LogP contribution is 2.22. The first kappa shape index (κ1) is 13.7. The van der Waals surface area contributed by atoms with E-state index in [1.807, 2.05) is 14.0 Å². The minimum Gasteiger partial charge on any atom is -0.373 e. The Morgan fingerprint density at radius 1 is 1.68 bits per heavy atom. The lowest BCUT2D eigenvalue weighted by atomic mass is 10.1. The largest absolute Gasteiger partial charge is 0.373 e. The van der Waals surface area contributed by atoms with Crippen molar-refractivity contribution in [2.45, 2.75) is 19.1 Å². The van der Waals surface area contributed by atoms with Gasteiger partial charge in [-0.15, -0.1) is 0 Å². The number of rotatable bonds is 4. The summed E-state index contributed by atoms with van der Waals surface area (Å²) in [7, 11) is 2.03. The second kappa shape index (κ2) is 5.94. The van der Waals surface area contributed by atoms with Crippen LogP contribution < -0.4 is 5.32 Å². The topological polar surface area (TPSA) is 80.5 Å². The van der Waals surface area contributed by atoms with E-state index in [1.165, 1.54) is 12.3 Å². The molecule has 0 spiro atoms. The van der Waals surface area contributed by atoms with Crippen LogP contribution >= 0.6 is 0 Å². The quantitative estimate of drug-likeness (QED) is 0.649. The molecule has 2 unspecified atom stereocenters. The van der Waals surface area contributed by atoms with E-state index in [-0.39, 0.29) is 23.7 Å². The number of morpholine rings is 1. The Balaban J connectivity index is 2.06. The molecule has 0 aromatic carbocycles. The van der Waals surface area contributed by atoms with Crippen LogP contribution in [0.15, 0.2) is 18.3 Å². The van der Waals surface area contributed by atoms with Gasteiger partial charge in [0.25, 0.3) is 0 Å². The van der Waals surface area contributed by atoms with Gasteiger partial charge in [-0.1, -0.05) is 0 Å². The monoisotopic (exact) mass is 266 g/mol. The number of pyridine rings is 1. The van der Waals surface area contributed by atoms with Gasteiger partial charge in [0.1, 0.15) is 0 Å². The van der Waals surface area contributed by atoms with Gasteiger partial charge in [-0.3, -0.25) is 10.1 Å². The molecule has 19 heavy (non-hydrogen) atoms. The Labute approximate surface area is 111 Å². The highest BCUT2D eigenvalue weighted by molar-refractivity contribution is 5.55. The van der Waals surface area contributed by atoms with Crippen molar-refractivity contribution in [2.24, 2.45) is 0 Å². The van der Waals surface area contributed by atoms with Crippen molar-refractivity contribution in [3.63, 3.8) is 0 Å². The van der Waals surface area contributed by atoms with Crippen LogP contribution in [0.1, 0.15) is 6.92 Å². The van der Waals surface area contributed by atoms with Crippen LogP contribution in [0, 0.1) is 10.1 Å². The van der Waals surface area contributed by atoms with Crippen LogP contribution in [-0.2, 0) is 4.74 Å². The molecule has 0 bridgehead atoms. The van der Waals surface area contributed by atoms with Crippen molar-refractivity contribution in [3.8, 4) is 0 Å². The summed E-state index contributed by atoms with van der Waals surface area (Å²) in [4.78, 5) is 16.7. The maximum atomic E-state index is 10.9. The fourth-order valence-electron chi connectivity index (χ4n) is 2.08. The summed E-state index contributed by atoms with van der Waals surface area (Å²) < 4.78 is 5.68. The molecule has 0 saturated carbocycles. The van der Waals surface area contributed by atoms with E-state index >= 15 is 0 Å². The van der Waals surface area contributed by atoms with E-state index in [0.717, 1.165) is 13.1 Å². The van der Waals surface area contributed by atoms with Crippen LogP contribution in [0.3, 0.4) is 0 Å². The molecule has 1 saturated heterocycles. The van der Waals surface area contributed by atoms with Gasteiger partial charge in [-0.25, -0.2) is 4.98 Å². The molecule has 2 rings (SSSR count). The maximum Gasteiger partial charge on any atom is 0.311 e. The molecular weight excluding hydrogens is 248 g/mol. The van der Waals surface area contributed by atoms with Crippen molar-refractivity contribution >= 4 is 11.5 Å². The average Bonchev–Trinajstić information content (AvgIpc) is 2.39. The summed E-state index contributed by atoms with van der Waals surface area (Å²) >= 11 is 0. The van der Waals surface area contributed by atoms with Crippen LogP contribution in [0.4, 0.5) is 11.5 Å². The highest BCUT2D eigenvalue weighted by Gasteiger charge is 2.25. The molecule has 0 aliphatic carbocycles. The highest BCUT2D eigenvalue weighted by atomic mass is 16.6. The van der Waals surface area contributed by atoms with E-state index in [0.29, 0.717) is 6.61 Å². The molecule has 0 radical (unpaired) electrons. The third-order valence-corrected chi connectivity index (χ3v) is 3.20. The minimum atomic E-state index is -0.435. The molecule has 1 aromatic heterocycles. The van der Waals surface area contributed by atoms with Gasteiger partial charge in [0.2, 0.25) is 5.82 Å². The molecule has 1 N–H and O–H groups in total. The van der Waals surface area contributed by atoms with E-state index < -0.39 is 4.92 Å². The third-order valence-electron chi connectivity index (χ3n) is 3.20. The number of anilines is 1. The number of hydrogen-bond donors (Lipinski definition) is 1. The Bertz CT molecular complexity index is 454. The Morgan fingerprint density at radius 2 is 2.47 bits per heavy atom. The molecule has 1 fully saturated rings. The van der Waals surface area contributed by atoms with E-state index in [1.54, 1.807) is 6.07 Å². The van der Waals surface area contributed by atoms with E-state index in [4.69, 9.17) is 4.74 Å². The Morgan fingerprint density at radius 3 is 3.16 bits per heavy atom. The first-order valence-corrected chi connectivity index (χ1v) is 6.24. The molecular formula is C12H18N4O3. The first-order chi connectivity index (χ1) is 9.08. The molecule has 1 aliphatic heterocycles. The number of nitrogens with one attached hydrogen (secondary N) is 1. The Hall–Kier alpha value is -1.73. The zero-order chi connectivity index (χ0) is 13.8. The fraction of sp³-hybridized carbons (Fsp3) is 0.583. The molecule has 0 amide bonds. The molecule has 7 heteroatoms. The van der Waals surface area contributed by atoms with Crippen molar-refractivity contribution in [2.75, 3.05) is 32.1 Å². The Kier molecular flexibility index (Phi) is 4.28. The zero-order valence-electron chi connectivity index (χ0n) is 11.1. The lowest BCUT2D eigenvalue weighted by molar-refractivity contribution is -0.384. The maximum absolute atomic E-state index is 10.9. The number of aromatic nitrogens is 1. The van der Waals surface area contributed by atoms with Gasteiger partial charge in [0, 0.05) is 25.4 Å². The first-order valence-electron chi connectivity index (χ1n) is 6.24. The van der Waals surface area contributed by atoms with Gasteiger partial charge in [0.15, 0.2) is 0 Å². The van der Waals surface area contributed by atoms with Gasteiger partial charge >= 0.3 is 5.69 Å². The number of nitrogens with zero attached hydrogens (tertiary/aromatic N) is 3. The predicted molar refractivity (Wildman–Crippen MR) is 71.2 cm³/mol. The van der Waals surface area contributed by atoms with Gasteiger partial charge in [-0.2, -0.15) is 0 Å². The second-order valence-electron chi connectivity index (χ2n) is 4.73. The van der Waals surface area contributed by atoms with E-state index in [2.05, 4.69) is 15.2 Å². The van der Waals surface area contributed by atoms with Crippen molar-refractivity contribution in [1.29, 1.82) is 0 Å². The summed E-state index contributed by atoms with van der Waals surface area (Å²) in [5, 5.41) is 14.0. The zero-order valence-corrected chi connectivity index (χ0v) is 11.1. The standard InChI is InChI=1S/C12H18N4O3/c1-9(11-8-15(2)6-7-19-11)14-12-10(16(17)18)4-3-5-13-12/h3-5,9,11H,6-8H2,1-2H3,(H,13,14). The third kappa shape index (κ3) is 3.39. The molecule has 2 heterocycles. The van der Waals surface area contributed by atoms with Gasteiger partial charge < -0.3 is 15.0 Å². The predicted octanol–water partition coefficient (Wildman–Crippen LogP) is 1.12. The smallest absolute Gasteiger partial charge is 0.311 e. The van der Waals surface area contributed by atoms with Gasteiger partial charge in [0.05, 0.1) is 23.7 Å². The van der Waals surface area contributed by atoms with Crippen molar-refractivity contribution in [3.05, 3.63) is 28.4 Å². The molecule has 104 valence electrons. The number of hydrogen-bond acceptors (Lipinski definition) is 6. The lowest BCUT2D eigenvalue weighted by Crippen LogP contribution is -2.47. The lowest BCUT2D eigenvalue weighted by Gasteiger charge is -2.34. The summed E-state index contributed by atoms with van der Waals surface area (Å²) in [6.07, 6.45) is 1.54. The average molecular weight is 266 g/mol. The van der Waals surface area contributed by atoms with Crippen molar-refractivity contribution < 1.29 is 9.66 Å². The normalized spacial score (nSPS) is 21.9. The SMILES string of the molecule is CC(Nc1ncccc1[N+](=O)[O-])C1CN(C)CCO1. The second-order valence-corrected chi connectivity index (χ2v) is 4.73. The van der Waals surface area contributed by atoms with Crippen LogP contribution in [-0.4, -0.2) is 53.7 Å². The molecule has 2 atom stereocenters. The van der Waals surface area contributed by atoms with Crippen LogP contribution in [0.5, 0.6) is 0 Å². The van der Waals surface area contributed by atoms with Crippen LogP contribution in [0.25, 0.3) is 0 Å². The molecule has 7 nitrogen and oxygen atoms in total. The summed E-state index contributed by atoms with van der Waals surface area (Å²) in [6, 6.07) is 2.95. The van der Waals surface area contributed by atoms with E-state index in [9.17, 15) is 10.1 Å². The number of nitro groups is 1. The van der Waals surface area contributed by atoms with Gasteiger partial charge in [-0.05, 0) is 20.0 Å². The van der Waals surface area contributed by atoms with Crippen molar-refractivity contribution in [1.82, 2.24) is 9.88 Å². The molecule has 1 aliphatic rings. The van der Waals surface area contributed by atoms with Crippen LogP contribution in [0.2, 0.25) is 0 Å². The number of likely N-dealkylation sites (N-methyl/N-ethyl adjacent to an activating group) is 1. The fourth-order valence-corrected chi connectivity index (χ4v) is 2.08. The minimum absolute atomic E-state index is 0.000334. The number of ether oxygens (including phenoxy) is 1. The summed E-state index contributed by atoms with van der Waals surface area (Å²) in [6.45, 7) is 4.33.